The van der Waals surface area contributed by atoms with Crippen LogP contribution in [-0.2, 0) is 6.42 Å². The van der Waals surface area contributed by atoms with Crippen LogP contribution in [0.2, 0.25) is 0 Å². The van der Waals surface area contributed by atoms with Gasteiger partial charge in [-0.1, -0.05) is 37.3 Å². The number of Topliss-reactive ketones (excluding diaryl/α,β-unsaturated/α-hetero) is 2. The average Bonchev–Trinajstić information content (AvgIpc) is 3.06. The number of pyridine rings is 1. The summed E-state index contributed by atoms with van der Waals surface area (Å²) in [5.74, 6) is 0.202. The molecule has 29 heavy (non-hydrogen) atoms. The lowest BCUT2D eigenvalue weighted by molar-refractivity contribution is 0.0962. The number of carbonyl (C=O) groups excluding carboxylic acids is 2. The first-order valence-corrected chi connectivity index (χ1v) is 10.8. The van der Waals surface area contributed by atoms with Crippen molar-refractivity contribution >= 4 is 38.3 Å². The van der Waals surface area contributed by atoms with E-state index in [0.717, 1.165) is 20.9 Å². The highest BCUT2D eigenvalue weighted by atomic mass is 32.1. The molecule has 0 unspecified atom stereocenters. The molecule has 1 aromatic carbocycles. The van der Waals surface area contributed by atoms with Gasteiger partial charge in [-0.3, -0.25) is 9.59 Å². The Morgan fingerprint density at radius 2 is 1.72 bits per heavy atom. The number of fused-ring (bicyclic) bond motifs is 1. The number of carbonyl (C=O) groups is 2. The maximum atomic E-state index is 12.6. The molecule has 6 heteroatoms. The molecule has 0 fully saturated rings. The largest absolute Gasteiger partial charge is 0.359 e. The van der Waals surface area contributed by atoms with Crippen molar-refractivity contribution in [3.63, 3.8) is 0 Å². The first-order valence-electron chi connectivity index (χ1n) is 10.0. The minimum Gasteiger partial charge on any atom is -0.359 e. The van der Waals surface area contributed by atoms with Gasteiger partial charge in [-0.15, -0.1) is 0 Å². The topological polar surface area (TPSA) is 72.0 Å². The summed E-state index contributed by atoms with van der Waals surface area (Å²) in [6.07, 6.45) is 1.43. The summed E-state index contributed by atoms with van der Waals surface area (Å²) in [7, 11) is 0. The average molecular weight is 410 g/mol. The van der Waals surface area contributed by atoms with Gasteiger partial charge in [0.05, 0.1) is 10.2 Å². The Bertz CT molecular complexity index is 1020. The molecule has 152 valence electrons. The molecular formula is C23H27N3O2S. The van der Waals surface area contributed by atoms with Crippen LogP contribution in [0.5, 0.6) is 0 Å². The monoisotopic (exact) mass is 409 g/mol. The van der Waals surface area contributed by atoms with Gasteiger partial charge in [0.2, 0.25) is 0 Å². The number of nitrogens with zero attached hydrogens (tertiary/aromatic N) is 2. The number of benzene rings is 1. The minimum atomic E-state index is -0.0456. The Kier molecular flexibility index (Phi) is 6.75. The number of ketones is 2. The standard InChI is InChI=1S/C23H27N3O2S/c1-14(2)12-21(28)18-7-5-6-17(25-18)20(27)11-9-16-8-10-19-22(13-16)29-23(26-19)24-15(3)4/h5-8,10,13-15H,9,11-12H2,1-4H3,(H,24,26). The summed E-state index contributed by atoms with van der Waals surface area (Å²) in [6, 6.07) is 11.6. The molecular weight excluding hydrogens is 382 g/mol. The van der Waals surface area contributed by atoms with Crippen molar-refractivity contribution in [1.29, 1.82) is 0 Å². The third kappa shape index (κ3) is 5.70. The molecule has 2 heterocycles. The molecule has 0 saturated carbocycles. The fraction of sp³-hybridized carbons (Fsp3) is 0.391. The van der Waals surface area contributed by atoms with Gasteiger partial charge in [0.25, 0.3) is 0 Å². The molecule has 0 aliphatic heterocycles. The molecule has 0 saturated heterocycles. The molecule has 0 amide bonds. The van der Waals surface area contributed by atoms with Crippen molar-refractivity contribution in [2.45, 2.75) is 53.0 Å². The lowest BCUT2D eigenvalue weighted by Gasteiger charge is -2.06. The second-order valence-corrected chi connectivity index (χ2v) is 9.00. The van der Waals surface area contributed by atoms with Gasteiger partial charge in [-0.05, 0) is 56.0 Å². The smallest absolute Gasteiger partial charge is 0.183 e. The number of aryl methyl sites for hydroxylation is 1. The summed E-state index contributed by atoms with van der Waals surface area (Å²) >= 11 is 1.62. The zero-order chi connectivity index (χ0) is 21.0. The second-order valence-electron chi connectivity index (χ2n) is 7.97. The number of anilines is 1. The van der Waals surface area contributed by atoms with Gasteiger partial charge < -0.3 is 5.32 Å². The second kappa shape index (κ2) is 9.27. The fourth-order valence-electron chi connectivity index (χ4n) is 3.04. The van der Waals surface area contributed by atoms with Crippen LogP contribution < -0.4 is 5.32 Å². The summed E-state index contributed by atoms with van der Waals surface area (Å²) in [5, 5.41) is 4.24. The fourth-order valence-corrected chi connectivity index (χ4v) is 4.12. The molecule has 2 aromatic heterocycles. The molecule has 0 aliphatic carbocycles. The van der Waals surface area contributed by atoms with Gasteiger partial charge in [-0.25, -0.2) is 9.97 Å². The quantitative estimate of drug-likeness (QED) is 0.469. The van der Waals surface area contributed by atoms with Gasteiger partial charge in [-0.2, -0.15) is 0 Å². The lowest BCUT2D eigenvalue weighted by Crippen LogP contribution is -2.10. The van der Waals surface area contributed by atoms with Crippen LogP contribution in [0.15, 0.2) is 36.4 Å². The number of thiazole rings is 1. The molecule has 1 N–H and O–H groups in total. The SMILES string of the molecule is CC(C)CC(=O)c1cccc(C(=O)CCc2ccc3nc(NC(C)C)sc3c2)n1. The zero-order valence-electron chi connectivity index (χ0n) is 17.4. The number of aromatic nitrogens is 2. The van der Waals surface area contributed by atoms with Crippen LogP contribution in [-0.4, -0.2) is 27.6 Å². The predicted octanol–water partition coefficient (Wildman–Crippen LogP) is 5.56. The van der Waals surface area contributed by atoms with Crippen molar-refractivity contribution in [1.82, 2.24) is 9.97 Å². The highest BCUT2D eigenvalue weighted by Gasteiger charge is 2.14. The van der Waals surface area contributed by atoms with Crippen LogP contribution in [0.4, 0.5) is 5.13 Å². The van der Waals surface area contributed by atoms with E-state index in [4.69, 9.17) is 0 Å². The normalized spacial score (nSPS) is 11.4. The maximum Gasteiger partial charge on any atom is 0.183 e. The van der Waals surface area contributed by atoms with Gasteiger partial charge in [0.1, 0.15) is 11.4 Å². The number of hydrogen-bond donors (Lipinski definition) is 1. The molecule has 0 bridgehead atoms. The Morgan fingerprint density at radius 1 is 1.00 bits per heavy atom. The Balaban J connectivity index is 1.66. The molecule has 3 rings (SSSR count). The maximum absolute atomic E-state index is 12.6. The summed E-state index contributed by atoms with van der Waals surface area (Å²) in [5.41, 5.74) is 2.80. The van der Waals surface area contributed by atoms with Gasteiger partial charge in [0, 0.05) is 18.9 Å². The predicted molar refractivity (Wildman–Crippen MR) is 119 cm³/mol. The first-order chi connectivity index (χ1) is 13.8. The van der Waals surface area contributed by atoms with Crippen LogP contribution in [0.1, 0.15) is 67.1 Å². The molecule has 0 radical (unpaired) electrons. The Hall–Kier alpha value is -2.60. The highest BCUT2D eigenvalue weighted by Crippen LogP contribution is 2.27. The van der Waals surface area contributed by atoms with E-state index in [1.54, 1.807) is 29.5 Å². The van der Waals surface area contributed by atoms with E-state index in [2.05, 4.69) is 35.2 Å². The third-order valence-corrected chi connectivity index (χ3v) is 5.37. The van der Waals surface area contributed by atoms with E-state index in [-0.39, 0.29) is 17.5 Å². The molecule has 3 aromatic rings. The number of rotatable bonds is 9. The van der Waals surface area contributed by atoms with E-state index in [0.29, 0.717) is 36.7 Å². The number of hydrogen-bond acceptors (Lipinski definition) is 6. The van der Waals surface area contributed by atoms with E-state index in [9.17, 15) is 9.59 Å². The molecule has 0 spiro atoms. The van der Waals surface area contributed by atoms with Crippen molar-refractivity contribution in [2.75, 3.05) is 5.32 Å². The van der Waals surface area contributed by atoms with Crippen molar-refractivity contribution in [3.8, 4) is 0 Å². The van der Waals surface area contributed by atoms with Gasteiger partial charge >= 0.3 is 0 Å². The third-order valence-electron chi connectivity index (χ3n) is 4.42. The van der Waals surface area contributed by atoms with Crippen LogP contribution in [0.25, 0.3) is 10.2 Å². The minimum absolute atomic E-state index is 0.0175. The van der Waals surface area contributed by atoms with Crippen LogP contribution in [0, 0.1) is 5.92 Å². The zero-order valence-corrected chi connectivity index (χ0v) is 18.2. The summed E-state index contributed by atoms with van der Waals surface area (Å²) in [4.78, 5) is 33.7. The molecule has 0 atom stereocenters. The van der Waals surface area contributed by atoms with Crippen molar-refractivity contribution in [2.24, 2.45) is 5.92 Å². The lowest BCUT2D eigenvalue weighted by atomic mass is 10.0. The van der Waals surface area contributed by atoms with Crippen molar-refractivity contribution < 1.29 is 9.59 Å². The molecule has 0 aliphatic rings. The van der Waals surface area contributed by atoms with Crippen LogP contribution in [0.3, 0.4) is 0 Å². The summed E-state index contributed by atoms with van der Waals surface area (Å²) < 4.78 is 1.11. The van der Waals surface area contributed by atoms with E-state index in [1.165, 1.54) is 0 Å². The summed E-state index contributed by atoms with van der Waals surface area (Å²) in [6.45, 7) is 8.16. The van der Waals surface area contributed by atoms with E-state index in [1.807, 2.05) is 26.0 Å². The number of nitrogens with one attached hydrogen (secondary N) is 1. The van der Waals surface area contributed by atoms with Gasteiger partial charge in [0.15, 0.2) is 16.7 Å². The van der Waals surface area contributed by atoms with Crippen molar-refractivity contribution in [3.05, 3.63) is 53.3 Å². The van der Waals surface area contributed by atoms with Crippen LogP contribution >= 0.6 is 11.3 Å². The Labute approximate surface area is 175 Å². The Morgan fingerprint density at radius 3 is 2.41 bits per heavy atom. The molecule has 5 nitrogen and oxygen atoms in total. The first kappa shape index (κ1) is 21.1. The highest BCUT2D eigenvalue weighted by molar-refractivity contribution is 7.22. The van der Waals surface area contributed by atoms with E-state index >= 15 is 0 Å². The van der Waals surface area contributed by atoms with E-state index < -0.39 is 0 Å².